The van der Waals surface area contributed by atoms with E-state index in [1.54, 1.807) is 0 Å². The Morgan fingerprint density at radius 3 is 3.05 bits per heavy atom. The number of ether oxygens (including phenoxy) is 1. The maximum atomic E-state index is 5.87. The largest absolute Gasteiger partial charge is 0.459 e. The number of hydrogen-bond donors (Lipinski definition) is 1. The molecule has 2 atom stereocenters. The van der Waals surface area contributed by atoms with Crippen molar-refractivity contribution >= 4 is 11.0 Å². The summed E-state index contributed by atoms with van der Waals surface area (Å²) in [5, 5.41) is 4.71. The van der Waals surface area contributed by atoms with Crippen molar-refractivity contribution in [2.24, 2.45) is 5.92 Å². The quantitative estimate of drug-likeness (QED) is 0.892. The number of benzene rings is 1. The van der Waals surface area contributed by atoms with Gasteiger partial charge in [0.25, 0.3) is 0 Å². The Hall–Kier alpha value is -1.32. The second-order valence-electron chi connectivity index (χ2n) is 5.38. The lowest BCUT2D eigenvalue weighted by Gasteiger charge is -2.13. The van der Waals surface area contributed by atoms with Crippen molar-refractivity contribution in [1.82, 2.24) is 5.32 Å². The third-order valence-corrected chi connectivity index (χ3v) is 3.90. The first-order valence-corrected chi connectivity index (χ1v) is 7.12. The Morgan fingerprint density at radius 2 is 2.26 bits per heavy atom. The number of fused-ring (bicyclic) bond motifs is 1. The minimum absolute atomic E-state index is 0.259. The number of nitrogens with one attached hydrogen (secondary N) is 1. The molecule has 3 heteroatoms. The minimum Gasteiger partial charge on any atom is -0.459 e. The van der Waals surface area contributed by atoms with Gasteiger partial charge in [0.1, 0.15) is 11.3 Å². The highest BCUT2D eigenvalue weighted by atomic mass is 16.5. The van der Waals surface area contributed by atoms with E-state index in [1.807, 2.05) is 18.2 Å². The second kappa shape index (κ2) is 5.76. The highest BCUT2D eigenvalue weighted by molar-refractivity contribution is 5.77. The van der Waals surface area contributed by atoms with Crippen molar-refractivity contribution in [2.75, 3.05) is 19.8 Å². The predicted octanol–water partition coefficient (Wildman–Crippen LogP) is 3.51. The maximum absolute atomic E-state index is 5.87. The first-order valence-electron chi connectivity index (χ1n) is 7.12. The third-order valence-electron chi connectivity index (χ3n) is 3.90. The molecule has 0 saturated carbocycles. The Bertz CT molecular complexity index is 495. The van der Waals surface area contributed by atoms with E-state index in [9.17, 15) is 0 Å². The van der Waals surface area contributed by atoms with Crippen LogP contribution in [-0.4, -0.2) is 19.8 Å². The lowest BCUT2D eigenvalue weighted by atomic mass is 10.1. The summed E-state index contributed by atoms with van der Waals surface area (Å²) in [6, 6.07) is 10.5. The van der Waals surface area contributed by atoms with Gasteiger partial charge < -0.3 is 14.5 Å². The van der Waals surface area contributed by atoms with Gasteiger partial charge in [-0.3, -0.25) is 0 Å². The molecule has 2 heterocycles. The maximum Gasteiger partial charge on any atom is 0.134 e. The molecule has 1 aliphatic heterocycles. The number of para-hydroxylation sites is 1. The molecule has 0 radical (unpaired) electrons. The monoisotopic (exact) mass is 259 g/mol. The third kappa shape index (κ3) is 2.99. The molecular weight excluding hydrogens is 238 g/mol. The van der Waals surface area contributed by atoms with Crippen LogP contribution in [0.25, 0.3) is 11.0 Å². The summed E-state index contributed by atoms with van der Waals surface area (Å²) < 4.78 is 11.3. The van der Waals surface area contributed by atoms with Crippen LogP contribution in [0, 0.1) is 5.92 Å². The summed E-state index contributed by atoms with van der Waals surface area (Å²) in [6.45, 7) is 5.04. The van der Waals surface area contributed by atoms with Crippen LogP contribution in [0.15, 0.2) is 34.7 Å². The summed E-state index contributed by atoms with van der Waals surface area (Å²) in [6.07, 6.45) is 2.39. The first-order chi connectivity index (χ1) is 9.33. The number of hydrogen-bond acceptors (Lipinski definition) is 3. The van der Waals surface area contributed by atoms with E-state index in [0.29, 0.717) is 0 Å². The molecule has 2 aromatic rings. The molecule has 1 aromatic heterocycles. The molecular formula is C16H21NO2. The van der Waals surface area contributed by atoms with Crippen LogP contribution in [0.1, 0.15) is 31.6 Å². The van der Waals surface area contributed by atoms with Gasteiger partial charge in [-0.05, 0) is 44.4 Å². The van der Waals surface area contributed by atoms with Gasteiger partial charge in [-0.15, -0.1) is 0 Å². The molecule has 1 fully saturated rings. The predicted molar refractivity (Wildman–Crippen MR) is 76.2 cm³/mol. The zero-order valence-electron chi connectivity index (χ0n) is 11.4. The molecule has 2 unspecified atom stereocenters. The summed E-state index contributed by atoms with van der Waals surface area (Å²) in [5.41, 5.74) is 0.968. The fourth-order valence-corrected chi connectivity index (χ4v) is 2.63. The Balaban J connectivity index is 1.55. The van der Waals surface area contributed by atoms with Gasteiger partial charge in [-0.2, -0.15) is 0 Å². The fraction of sp³-hybridized carbons (Fsp3) is 0.500. The van der Waals surface area contributed by atoms with Crippen LogP contribution >= 0.6 is 0 Å². The van der Waals surface area contributed by atoms with Crippen LogP contribution < -0.4 is 5.32 Å². The van der Waals surface area contributed by atoms with Crippen molar-refractivity contribution in [3.63, 3.8) is 0 Å². The van der Waals surface area contributed by atoms with Crippen LogP contribution in [-0.2, 0) is 4.74 Å². The van der Waals surface area contributed by atoms with E-state index in [0.717, 1.165) is 37.0 Å². The van der Waals surface area contributed by atoms with E-state index in [1.165, 1.54) is 18.2 Å². The van der Waals surface area contributed by atoms with Crippen molar-refractivity contribution in [2.45, 2.75) is 25.8 Å². The van der Waals surface area contributed by atoms with E-state index < -0.39 is 0 Å². The Kier molecular flexibility index (Phi) is 3.85. The van der Waals surface area contributed by atoms with E-state index in [2.05, 4.69) is 24.4 Å². The van der Waals surface area contributed by atoms with E-state index in [4.69, 9.17) is 9.15 Å². The van der Waals surface area contributed by atoms with Crippen molar-refractivity contribution in [3.05, 3.63) is 36.1 Å². The molecule has 1 saturated heterocycles. The zero-order valence-corrected chi connectivity index (χ0v) is 11.4. The SMILES string of the molecule is CC(NCCC1CCOC1)c1cc2ccccc2o1. The lowest BCUT2D eigenvalue weighted by molar-refractivity contribution is 0.184. The summed E-state index contributed by atoms with van der Waals surface area (Å²) in [5.74, 6) is 1.75. The Morgan fingerprint density at radius 1 is 1.37 bits per heavy atom. The molecule has 102 valence electrons. The highest BCUT2D eigenvalue weighted by Gasteiger charge is 2.16. The lowest BCUT2D eigenvalue weighted by Crippen LogP contribution is -2.21. The van der Waals surface area contributed by atoms with Gasteiger partial charge in [0.15, 0.2) is 0 Å². The van der Waals surface area contributed by atoms with Gasteiger partial charge in [0.2, 0.25) is 0 Å². The molecule has 0 bridgehead atoms. The van der Waals surface area contributed by atoms with Crippen LogP contribution in [0.2, 0.25) is 0 Å². The van der Waals surface area contributed by atoms with E-state index >= 15 is 0 Å². The molecule has 1 aromatic carbocycles. The average Bonchev–Trinajstić information content (AvgIpc) is 3.07. The standard InChI is InChI=1S/C16H21NO2/c1-12(17-8-6-13-7-9-18-11-13)16-10-14-4-2-3-5-15(14)19-16/h2-5,10,12-13,17H,6-9,11H2,1H3. The van der Waals surface area contributed by atoms with Crippen LogP contribution in [0.4, 0.5) is 0 Å². The first kappa shape index (κ1) is 12.7. The van der Waals surface area contributed by atoms with Crippen molar-refractivity contribution < 1.29 is 9.15 Å². The van der Waals surface area contributed by atoms with Gasteiger partial charge in [-0.1, -0.05) is 18.2 Å². The summed E-state index contributed by atoms with van der Waals surface area (Å²) in [7, 11) is 0. The molecule has 0 aliphatic carbocycles. The minimum atomic E-state index is 0.259. The molecule has 0 amide bonds. The molecule has 3 rings (SSSR count). The topological polar surface area (TPSA) is 34.4 Å². The van der Waals surface area contributed by atoms with Gasteiger partial charge in [0.05, 0.1) is 6.04 Å². The molecule has 19 heavy (non-hydrogen) atoms. The van der Waals surface area contributed by atoms with Gasteiger partial charge >= 0.3 is 0 Å². The smallest absolute Gasteiger partial charge is 0.134 e. The number of furan rings is 1. The van der Waals surface area contributed by atoms with Crippen molar-refractivity contribution in [3.8, 4) is 0 Å². The normalized spacial score (nSPS) is 21.0. The van der Waals surface area contributed by atoms with Crippen molar-refractivity contribution in [1.29, 1.82) is 0 Å². The van der Waals surface area contributed by atoms with Gasteiger partial charge in [-0.25, -0.2) is 0 Å². The van der Waals surface area contributed by atoms with Gasteiger partial charge in [0, 0.05) is 18.6 Å². The molecule has 0 spiro atoms. The summed E-state index contributed by atoms with van der Waals surface area (Å²) in [4.78, 5) is 0. The van der Waals surface area contributed by atoms with Crippen LogP contribution in [0.3, 0.4) is 0 Å². The second-order valence-corrected chi connectivity index (χ2v) is 5.38. The average molecular weight is 259 g/mol. The fourth-order valence-electron chi connectivity index (χ4n) is 2.63. The summed E-state index contributed by atoms with van der Waals surface area (Å²) >= 11 is 0. The van der Waals surface area contributed by atoms with Crippen LogP contribution in [0.5, 0.6) is 0 Å². The molecule has 1 aliphatic rings. The molecule has 3 nitrogen and oxygen atoms in total. The zero-order chi connectivity index (χ0) is 13.1. The number of rotatable bonds is 5. The Labute approximate surface area is 113 Å². The molecule has 1 N–H and O–H groups in total. The highest BCUT2D eigenvalue weighted by Crippen LogP contribution is 2.23. The van der Waals surface area contributed by atoms with E-state index in [-0.39, 0.29) is 6.04 Å².